The number of rotatable bonds is 5. The molecule has 0 N–H and O–H groups in total. The van der Waals surface area contributed by atoms with E-state index in [1.807, 2.05) is 0 Å². The van der Waals surface area contributed by atoms with Crippen LogP contribution in [0.25, 0.3) is 0 Å². The van der Waals surface area contributed by atoms with Gasteiger partial charge in [0.2, 0.25) is 0 Å². The number of halogens is 1. The summed E-state index contributed by atoms with van der Waals surface area (Å²) in [5.41, 5.74) is 0.455. The molecule has 0 aromatic heterocycles. The van der Waals surface area contributed by atoms with E-state index in [-0.39, 0.29) is 12.2 Å². The molecule has 1 aromatic carbocycles. The van der Waals surface area contributed by atoms with Crippen LogP contribution in [0.15, 0.2) is 18.2 Å². The normalized spacial score (nSPS) is 11.8. The van der Waals surface area contributed by atoms with Gasteiger partial charge >= 0.3 is 5.97 Å². The van der Waals surface area contributed by atoms with Crippen molar-refractivity contribution in [2.24, 2.45) is 5.92 Å². The lowest BCUT2D eigenvalue weighted by Crippen LogP contribution is -2.16. The highest BCUT2D eigenvalue weighted by Crippen LogP contribution is 2.26. The molecule has 0 aliphatic rings. The summed E-state index contributed by atoms with van der Waals surface area (Å²) < 4.78 is 9.57. The fraction of sp³-hybridized carbons (Fsp3) is 0.385. The minimum atomic E-state index is -0.469. The summed E-state index contributed by atoms with van der Waals surface area (Å²) in [4.78, 5) is 23.1. The summed E-state index contributed by atoms with van der Waals surface area (Å²) in [5, 5.41) is 0.370. The van der Waals surface area contributed by atoms with Crippen molar-refractivity contribution in [3.8, 4) is 5.75 Å². The molecule has 1 atom stereocenters. The van der Waals surface area contributed by atoms with Crippen molar-refractivity contribution in [3.63, 3.8) is 0 Å². The highest BCUT2D eigenvalue weighted by molar-refractivity contribution is 6.32. The first-order valence-electron chi connectivity index (χ1n) is 5.44. The number of benzene rings is 1. The Kier molecular flexibility index (Phi) is 5.16. The van der Waals surface area contributed by atoms with Gasteiger partial charge in [-0.3, -0.25) is 9.59 Å². The van der Waals surface area contributed by atoms with Crippen LogP contribution >= 0.6 is 11.6 Å². The van der Waals surface area contributed by atoms with Gasteiger partial charge in [-0.1, -0.05) is 18.5 Å². The molecule has 0 radical (unpaired) electrons. The van der Waals surface area contributed by atoms with E-state index in [4.69, 9.17) is 16.3 Å². The number of esters is 1. The van der Waals surface area contributed by atoms with E-state index >= 15 is 0 Å². The second-order valence-corrected chi connectivity index (χ2v) is 4.31. The standard InChI is InChI=1S/C13H15ClO4/c1-8(13(16)18-3)6-11(15)9-4-5-12(17-2)10(14)7-9/h4-5,7-8H,6H2,1-3H3. The van der Waals surface area contributed by atoms with Gasteiger partial charge in [-0.25, -0.2) is 0 Å². The highest BCUT2D eigenvalue weighted by atomic mass is 35.5. The van der Waals surface area contributed by atoms with Crippen LogP contribution in [0, 0.1) is 5.92 Å². The molecule has 0 amide bonds. The first kappa shape index (κ1) is 14.5. The molecule has 0 saturated carbocycles. The third-order valence-electron chi connectivity index (χ3n) is 2.57. The highest BCUT2D eigenvalue weighted by Gasteiger charge is 2.19. The second-order valence-electron chi connectivity index (χ2n) is 3.90. The number of carbonyl (C=O) groups excluding carboxylic acids is 2. The van der Waals surface area contributed by atoms with Gasteiger partial charge in [0.05, 0.1) is 25.2 Å². The maximum absolute atomic E-state index is 11.9. The Morgan fingerprint density at radius 3 is 2.50 bits per heavy atom. The van der Waals surface area contributed by atoms with Gasteiger partial charge in [0.1, 0.15) is 5.75 Å². The number of ether oxygens (including phenoxy) is 2. The van der Waals surface area contributed by atoms with Gasteiger partial charge in [0.15, 0.2) is 5.78 Å². The maximum Gasteiger partial charge on any atom is 0.308 e. The summed E-state index contributed by atoms with van der Waals surface area (Å²) >= 11 is 5.93. The molecule has 1 aromatic rings. The van der Waals surface area contributed by atoms with E-state index in [1.54, 1.807) is 19.1 Å². The van der Waals surface area contributed by atoms with Gasteiger partial charge < -0.3 is 9.47 Å². The fourth-order valence-corrected chi connectivity index (χ4v) is 1.78. The summed E-state index contributed by atoms with van der Waals surface area (Å²) in [6.07, 6.45) is 0.0926. The maximum atomic E-state index is 11.9. The van der Waals surface area contributed by atoms with Crippen molar-refractivity contribution in [2.45, 2.75) is 13.3 Å². The quantitative estimate of drug-likeness (QED) is 0.610. The van der Waals surface area contributed by atoms with Gasteiger partial charge in [0, 0.05) is 12.0 Å². The predicted molar refractivity (Wildman–Crippen MR) is 68.1 cm³/mol. The van der Waals surface area contributed by atoms with Crippen molar-refractivity contribution in [2.75, 3.05) is 14.2 Å². The largest absolute Gasteiger partial charge is 0.495 e. The Balaban J connectivity index is 2.79. The van der Waals surface area contributed by atoms with Gasteiger partial charge in [-0.2, -0.15) is 0 Å². The van der Waals surface area contributed by atoms with E-state index in [0.717, 1.165) is 0 Å². The van der Waals surface area contributed by atoms with Crippen LogP contribution in [0.2, 0.25) is 5.02 Å². The van der Waals surface area contributed by atoms with E-state index in [9.17, 15) is 9.59 Å². The molecule has 0 aliphatic carbocycles. The number of ketones is 1. The third-order valence-corrected chi connectivity index (χ3v) is 2.86. The molecule has 0 aliphatic heterocycles. The number of hydrogen-bond donors (Lipinski definition) is 0. The summed E-state index contributed by atoms with van der Waals surface area (Å²) in [6, 6.07) is 4.78. The molecule has 1 unspecified atom stereocenters. The first-order valence-corrected chi connectivity index (χ1v) is 5.82. The molecule has 1 rings (SSSR count). The Hall–Kier alpha value is -1.55. The van der Waals surface area contributed by atoms with Crippen molar-refractivity contribution in [1.82, 2.24) is 0 Å². The Bertz CT molecular complexity index is 456. The van der Waals surface area contributed by atoms with Crippen molar-refractivity contribution in [1.29, 1.82) is 0 Å². The van der Waals surface area contributed by atoms with Crippen LogP contribution in [-0.4, -0.2) is 26.0 Å². The lowest BCUT2D eigenvalue weighted by molar-refractivity contribution is -0.144. The topological polar surface area (TPSA) is 52.6 Å². The van der Waals surface area contributed by atoms with Crippen LogP contribution < -0.4 is 4.74 Å². The summed E-state index contributed by atoms with van der Waals surface area (Å²) in [7, 11) is 2.80. The van der Waals surface area contributed by atoms with Crippen molar-refractivity contribution >= 4 is 23.4 Å². The zero-order chi connectivity index (χ0) is 13.7. The predicted octanol–water partition coefficient (Wildman–Crippen LogP) is 2.73. The molecule has 18 heavy (non-hydrogen) atoms. The van der Waals surface area contributed by atoms with E-state index in [2.05, 4.69) is 4.74 Å². The average Bonchev–Trinajstić information content (AvgIpc) is 2.37. The molecule has 98 valence electrons. The summed E-state index contributed by atoms with van der Waals surface area (Å²) in [5.74, 6) is -0.516. The monoisotopic (exact) mass is 270 g/mol. The van der Waals surface area contributed by atoms with E-state index in [0.29, 0.717) is 16.3 Å². The molecule has 0 heterocycles. The van der Waals surface area contributed by atoms with Crippen molar-refractivity contribution in [3.05, 3.63) is 28.8 Å². The zero-order valence-electron chi connectivity index (χ0n) is 10.5. The molecule has 0 spiro atoms. The number of carbonyl (C=O) groups is 2. The molecule has 0 bridgehead atoms. The molecule has 0 fully saturated rings. The first-order chi connectivity index (χ1) is 8.49. The second kappa shape index (κ2) is 6.40. The average molecular weight is 271 g/mol. The molecule has 5 heteroatoms. The summed E-state index contributed by atoms with van der Waals surface area (Å²) in [6.45, 7) is 1.65. The number of methoxy groups -OCH3 is 2. The molecule has 0 saturated heterocycles. The number of hydrogen-bond acceptors (Lipinski definition) is 4. The third kappa shape index (κ3) is 3.47. The van der Waals surface area contributed by atoms with Gasteiger partial charge in [-0.15, -0.1) is 0 Å². The van der Waals surface area contributed by atoms with Crippen LogP contribution in [-0.2, 0) is 9.53 Å². The van der Waals surface area contributed by atoms with Crippen LogP contribution in [0.3, 0.4) is 0 Å². The van der Waals surface area contributed by atoms with E-state index in [1.165, 1.54) is 20.3 Å². The van der Waals surface area contributed by atoms with Crippen LogP contribution in [0.5, 0.6) is 5.75 Å². The molecule has 4 nitrogen and oxygen atoms in total. The van der Waals surface area contributed by atoms with E-state index < -0.39 is 11.9 Å². The molecular weight excluding hydrogens is 256 g/mol. The number of Topliss-reactive ketones (excluding diaryl/α,β-unsaturated/α-hetero) is 1. The lowest BCUT2D eigenvalue weighted by Gasteiger charge is -2.09. The zero-order valence-corrected chi connectivity index (χ0v) is 11.3. The lowest BCUT2D eigenvalue weighted by atomic mass is 10.00. The minimum absolute atomic E-state index is 0.0926. The van der Waals surface area contributed by atoms with Crippen molar-refractivity contribution < 1.29 is 19.1 Å². The minimum Gasteiger partial charge on any atom is -0.495 e. The Labute approximate surface area is 111 Å². The smallest absolute Gasteiger partial charge is 0.308 e. The fourth-order valence-electron chi connectivity index (χ4n) is 1.52. The van der Waals surface area contributed by atoms with Gasteiger partial charge in [0.25, 0.3) is 0 Å². The Morgan fingerprint density at radius 1 is 1.33 bits per heavy atom. The van der Waals surface area contributed by atoms with Gasteiger partial charge in [-0.05, 0) is 18.2 Å². The Morgan fingerprint density at radius 2 is 2.00 bits per heavy atom. The SMILES string of the molecule is COC(=O)C(C)CC(=O)c1ccc(OC)c(Cl)c1. The van der Waals surface area contributed by atoms with Crippen LogP contribution in [0.4, 0.5) is 0 Å². The molecular formula is C13H15ClO4. The van der Waals surface area contributed by atoms with Crippen LogP contribution in [0.1, 0.15) is 23.7 Å².